The molecule has 0 aromatic carbocycles. The average Bonchev–Trinajstić information content (AvgIpc) is 2.49. The lowest BCUT2D eigenvalue weighted by atomic mass is 10.1. The van der Waals surface area contributed by atoms with Crippen LogP contribution >= 0.6 is 0 Å². The quantitative estimate of drug-likeness (QED) is 0.479. The Bertz CT molecular complexity index is 274. The molecule has 0 aromatic rings. The summed E-state index contributed by atoms with van der Waals surface area (Å²) >= 11 is 0. The molecule has 5 heteroatoms. The van der Waals surface area contributed by atoms with Crippen LogP contribution in [0.2, 0.25) is 0 Å². The van der Waals surface area contributed by atoms with E-state index in [1.807, 2.05) is 0 Å². The van der Waals surface area contributed by atoms with Gasteiger partial charge >= 0.3 is 0 Å². The lowest BCUT2D eigenvalue weighted by Crippen LogP contribution is -2.50. The molecular formula is C16H32N2O3. The predicted molar refractivity (Wildman–Crippen MR) is 84.2 cm³/mol. The molecule has 1 aliphatic heterocycles. The highest BCUT2D eigenvalue weighted by Crippen LogP contribution is 2.05. The van der Waals surface area contributed by atoms with Gasteiger partial charge in [0.15, 0.2) is 0 Å². The summed E-state index contributed by atoms with van der Waals surface area (Å²) < 4.78 is 5.48. The summed E-state index contributed by atoms with van der Waals surface area (Å²) in [6.45, 7) is 4.45. The van der Waals surface area contributed by atoms with Gasteiger partial charge in [-0.25, -0.2) is 0 Å². The van der Waals surface area contributed by atoms with Crippen molar-refractivity contribution in [2.24, 2.45) is 0 Å². The number of carbonyl (C=O) groups is 1. The molecule has 0 bridgehead atoms. The standard InChI is InChI=1S/C16H32N2O3/c1-2-3-4-5-6-7-11-21-13-14(19)12-18-15-9-8-10-17-16(15)20/h14-15,18-19H,2-13H2,1H3,(H,17,20). The Morgan fingerprint density at radius 1 is 1.33 bits per heavy atom. The van der Waals surface area contributed by atoms with Gasteiger partial charge in [-0.3, -0.25) is 4.79 Å². The summed E-state index contributed by atoms with van der Waals surface area (Å²) in [6, 6.07) is -0.160. The van der Waals surface area contributed by atoms with Gasteiger partial charge in [0, 0.05) is 19.7 Å². The van der Waals surface area contributed by atoms with Crippen LogP contribution in [0.5, 0.6) is 0 Å². The molecule has 1 amide bonds. The van der Waals surface area contributed by atoms with E-state index < -0.39 is 6.10 Å². The predicted octanol–water partition coefficient (Wildman–Crippen LogP) is 1.59. The third kappa shape index (κ3) is 9.06. The molecular weight excluding hydrogens is 268 g/mol. The van der Waals surface area contributed by atoms with Crippen LogP contribution in [0.3, 0.4) is 0 Å². The number of ether oxygens (including phenoxy) is 1. The van der Waals surface area contributed by atoms with Crippen molar-refractivity contribution in [3.8, 4) is 0 Å². The lowest BCUT2D eigenvalue weighted by Gasteiger charge is -2.24. The Morgan fingerprint density at radius 3 is 2.86 bits per heavy atom. The average molecular weight is 300 g/mol. The SMILES string of the molecule is CCCCCCCCOCC(O)CNC1CCCNC1=O. The number of hydrogen-bond acceptors (Lipinski definition) is 4. The van der Waals surface area contributed by atoms with Crippen LogP contribution in [-0.2, 0) is 9.53 Å². The summed E-state index contributed by atoms with van der Waals surface area (Å²) in [5.41, 5.74) is 0. The molecule has 2 atom stereocenters. The van der Waals surface area contributed by atoms with Gasteiger partial charge in [0.05, 0.1) is 18.8 Å². The minimum atomic E-state index is -0.542. The van der Waals surface area contributed by atoms with E-state index >= 15 is 0 Å². The van der Waals surface area contributed by atoms with Gasteiger partial charge in [-0.05, 0) is 19.3 Å². The fourth-order valence-electron chi connectivity index (χ4n) is 2.51. The highest BCUT2D eigenvalue weighted by atomic mass is 16.5. The maximum atomic E-state index is 11.5. The van der Waals surface area contributed by atoms with Crippen LogP contribution < -0.4 is 10.6 Å². The van der Waals surface area contributed by atoms with E-state index in [2.05, 4.69) is 17.6 Å². The number of aliphatic hydroxyl groups is 1. The van der Waals surface area contributed by atoms with Crippen molar-refractivity contribution < 1.29 is 14.6 Å². The minimum Gasteiger partial charge on any atom is -0.389 e. The van der Waals surface area contributed by atoms with Crippen LogP contribution in [0.25, 0.3) is 0 Å². The second kappa shape index (κ2) is 12.0. The number of nitrogens with one attached hydrogen (secondary N) is 2. The second-order valence-corrected chi connectivity index (χ2v) is 5.89. The monoisotopic (exact) mass is 300 g/mol. The molecule has 0 radical (unpaired) electrons. The van der Waals surface area contributed by atoms with Crippen LogP contribution in [0.4, 0.5) is 0 Å². The largest absolute Gasteiger partial charge is 0.389 e. The normalized spacial score (nSPS) is 20.3. The maximum Gasteiger partial charge on any atom is 0.237 e. The number of rotatable bonds is 12. The zero-order chi connectivity index (χ0) is 15.3. The van der Waals surface area contributed by atoms with Crippen LogP contribution in [0.15, 0.2) is 0 Å². The first kappa shape index (κ1) is 18.4. The van der Waals surface area contributed by atoms with Crippen LogP contribution in [0, 0.1) is 0 Å². The van der Waals surface area contributed by atoms with Gasteiger partial charge in [-0.15, -0.1) is 0 Å². The van der Waals surface area contributed by atoms with Gasteiger partial charge in [-0.1, -0.05) is 39.0 Å². The Morgan fingerprint density at radius 2 is 2.10 bits per heavy atom. The first-order valence-corrected chi connectivity index (χ1v) is 8.51. The molecule has 124 valence electrons. The molecule has 1 rings (SSSR count). The molecule has 1 heterocycles. The van der Waals surface area contributed by atoms with Crippen LogP contribution in [-0.4, -0.2) is 49.5 Å². The zero-order valence-electron chi connectivity index (χ0n) is 13.4. The van der Waals surface area contributed by atoms with Crippen molar-refractivity contribution in [3.05, 3.63) is 0 Å². The molecule has 0 saturated carbocycles. The van der Waals surface area contributed by atoms with E-state index in [0.717, 1.165) is 25.8 Å². The lowest BCUT2D eigenvalue weighted by molar-refractivity contribution is -0.124. The third-order valence-corrected chi connectivity index (χ3v) is 3.84. The number of carbonyl (C=O) groups excluding carboxylic acids is 1. The molecule has 1 saturated heterocycles. The topological polar surface area (TPSA) is 70.6 Å². The Hall–Kier alpha value is -0.650. The summed E-state index contributed by atoms with van der Waals surface area (Å²) in [4.78, 5) is 11.5. The first-order chi connectivity index (χ1) is 10.2. The highest BCUT2D eigenvalue weighted by molar-refractivity contribution is 5.82. The molecule has 21 heavy (non-hydrogen) atoms. The molecule has 2 unspecified atom stereocenters. The summed E-state index contributed by atoms with van der Waals surface area (Å²) in [5.74, 6) is 0.0430. The van der Waals surface area contributed by atoms with Gasteiger partial charge < -0.3 is 20.5 Å². The summed E-state index contributed by atoms with van der Waals surface area (Å²) in [5, 5.41) is 15.7. The van der Waals surface area contributed by atoms with Gasteiger partial charge in [0.25, 0.3) is 0 Å². The van der Waals surface area contributed by atoms with Gasteiger partial charge in [0.1, 0.15) is 0 Å². The zero-order valence-corrected chi connectivity index (χ0v) is 13.4. The fourth-order valence-corrected chi connectivity index (χ4v) is 2.51. The number of piperidine rings is 1. The molecule has 0 aromatic heterocycles. The van der Waals surface area contributed by atoms with E-state index in [1.165, 1.54) is 32.1 Å². The second-order valence-electron chi connectivity index (χ2n) is 5.89. The van der Waals surface area contributed by atoms with Gasteiger partial charge in [0.2, 0.25) is 5.91 Å². The minimum absolute atomic E-state index is 0.0430. The van der Waals surface area contributed by atoms with E-state index in [0.29, 0.717) is 19.8 Å². The molecule has 0 spiro atoms. The molecule has 1 aliphatic rings. The van der Waals surface area contributed by atoms with Crippen molar-refractivity contribution in [3.63, 3.8) is 0 Å². The van der Waals surface area contributed by atoms with Crippen molar-refractivity contribution >= 4 is 5.91 Å². The number of aliphatic hydroxyl groups excluding tert-OH is 1. The van der Waals surface area contributed by atoms with Crippen molar-refractivity contribution in [2.45, 2.75) is 70.4 Å². The Labute approximate surface area is 128 Å². The molecule has 5 nitrogen and oxygen atoms in total. The Kier molecular flexibility index (Phi) is 10.5. The highest BCUT2D eigenvalue weighted by Gasteiger charge is 2.21. The number of amides is 1. The smallest absolute Gasteiger partial charge is 0.237 e. The van der Waals surface area contributed by atoms with E-state index in [-0.39, 0.29) is 11.9 Å². The van der Waals surface area contributed by atoms with Crippen molar-refractivity contribution in [2.75, 3.05) is 26.3 Å². The maximum absolute atomic E-state index is 11.5. The third-order valence-electron chi connectivity index (χ3n) is 3.84. The fraction of sp³-hybridized carbons (Fsp3) is 0.938. The van der Waals surface area contributed by atoms with Crippen molar-refractivity contribution in [1.82, 2.24) is 10.6 Å². The molecule has 3 N–H and O–H groups in total. The molecule has 1 fully saturated rings. The number of unbranched alkanes of at least 4 members (excludes halogenated alkanes) is 5. The van der Waals surface area contributed by atoms with E-state index in [1.54, 1.807) is 0 Å². The number of hydrogen-bond donors (Lipinski definition) is 3. The molecule has 0 aliphatic carbocycles. The van der Waals surface area contributed by atoms with Gasteiger partial charge in [-0.2, -0.15) is 0 Å². The van der Waals surface area contributed by atoms with E-state index in [4.69, 9.17) is 4.74 Å². The summed E-state index contributed by atoms with van der Waals surface area (Å²) in [7, 11) is 0. The summed E-state index contributed by atoms with van der Waals surface area (Å²) in [6.07, 6.45) is 8.75. The van der Waals surface area contributed by atoms with Crippen LogP contribution in [0.1, 0.15) is 58.3 Å². The first-order valence-electron chi connectivity index (χ1n) is 8.51. The van der Waals surface area contributed by atoms with E-state index in [9.17, 15) is 9.90 Å². The Balaban J connectivity index is 1.91. The van der Waals surface area contributed by atoms with Crippen molar-refractivity contribution in [1.29, 1.82) is 0 Å².